The van der Waals surface area contributed by atoms with E-state index in [0.29, 0.717) is 6.42 Å². The van der Waals surface area contributed by atoms with E-state index in [0.717, 1.165) is 4.31 Å². The second-order valence-corrected chi connectivity index (χ2v) is 7.55. The van der Waals surface area contributed by atoms with E-state index in [4.69, 9.17) is 26.2 Å². The van der Waals surface area contributed by atoms with E-state index in [2.05, 4.69) is 0 Å². The fraction of sp³-hybridized carbons (Fsp3) is 0.533. The first kappa shape index (κ1) is 20.7. The Morgan fingerprint density at radius 2 is 2.08 bits per heavy atom. The lowest BCUT2D eigenvalue weighted by Gasteiger charge is -2.23. The number of ether oxygens (including phenoxy) is 2. The molecule has 7 nitrogen and oxygen atoms in total. The first-order valence-corrected chi connectivity index (χ1v) is 9.21. The van der Waals surface area contributed by atoms with Gasteiger partial charge in [0.2, 0.25) is 10.0 Å². The second kappa shape index (κ2) is 9.22. The first-order valence-electron chi connectivity index (χ1n) is 7.39. The maximum Gasteiger partial charge on any atom is 0.318 e. The molecule has 1 unspecified atom stereocenters. The second-order valence-electron chi connectivity index (χ2n) is 5.21. The third kappa shape index (κ3) is 5.62. The topological polar surface area (TPSA) is 93.1 Å². The minimum atomic E-state index is -4.07. The van der Waals surface area contributed by atoms with Crippen molar-refractivity contribution in [1.82, 2.24) is 4.31 Å². The summed E-state index contributed by atoms with van der Waals surface area (Å²) in [7, 11) is -2.56. The number of hydrogen-bond donors (Lipinski definition) is 1. The summed E-state index contributed by atoms with van der Waals surface area (Å²) >= 11 is 5.93. The molecule has 0 heterocycles. The van der Waals surface area contributed by atoms with Crippen LogP contribution in [0.5, 0.6) is 5.75 Å². The van der Waals surface area contributed by atoms with Crippen LogP contribution in [0.25, 0.3) is 0 Å². The van der Waals surface area contributed by atoms with Crippen molar-refractivity contribution >= 4 is 27.6 Å². The van der Waals surface area contributed by atoms with Crippen LogP contribution in [0.3, 0.4) is 0 Å². The lowest BCUT2D eigenvalue weighted by atomic mass is 10.3. The number of halogens is 1. The van der Waals surface area contributed by atoms with E-state index >= 15 is 0 Å². The zero-order chi connectivity index (χ0) is 18.3. The summed E-state index contributed by atoms with van der Waals surface area (Å²) in [4.78, 5) is 10.8. The SMILES string of the molecule is CCCN(CC(=O)O)S(=O)(=O)c1cc(Cl)ccc1OC(C)COC. The molecule has 0 saturated heterocycles. The van der Waals surface area contributed by atoms with Crippen molar-refractivity contribution in [2.45, 2.75) is 31.3 Å². The van der Waals surface area contributed by atoms with Gasteiger partial charge in [-0.2, -0.15) is 4.31 Å². The number of benzene rings is 1. The summed E-state index contributed by atoms with van der Waals surface area (Å²) in [6.45, 7) is 3.22. The number of hydrogen-bond acceptors (Lipinski definition) is 5. The molecule has 0 aliphatic carbocycles. The summed E-state index contributed by atoms with van der Waals surface area (Å²) in [5.41, 5.74) is 0. The van der Waals surface area contributed by atoms with Crippen molar-refractivity contribution in [2.75, 3.05) is 26.8 Å². The van der Waals surface area contributed by atoms with Gasteiger partial charge in [0.1, 0.15) is 23.3 Å². The molecule has 0 aromatic heterocycles. The zero-order valence-corrected chi connectivity index (χ0v) is 15.4. The van der Waals surface area contributed by atoms with Gasteiger partial charge >= 0.3 is 5.97 Å². The Hall–Kier alpha value is -1.35. The smallest absolute Gasteiger partial charge is 0.318 e. The maximum atomic E-state index is 12.9. The molecule has 0 aliphatic rings. The van der Waals surface area contributed by atoms with E-state index in [1.54, 1.807) is 13.8 Å². The predicted molar refractivity (Wildman–Crippen MR) is 90.1 cm³/mol. The Morgan fingerprint density at radius 1 is 1.42 bits per heavy atom. The molecule has 136 valence electrons. The Bertz CT molecular complexity index is 664. The number of nitrogens with zero attached hydrogens (tertiary/aromatic N) is 1. The molecule has 1 atom stereocenters. The van der Waals surface area contributed by atoms with Gasteiger partial charge in [-0.3, -0.25) is 4.79 Å². The predicted octanol–water partition coefficient (Wildman–Crippen LogP) is 2.24. The van der Waals surface area contributed by atoms with E-state index in [-0.39, 0.29) is 34.9 Å². The normalized spacial score (nSPS) is 13.0. The minimum Gasteiger partial charge on any atom is -0.487 e. The highest BCUT2D eigenvalue weighted by atomic mass is 35.5. The van der Waals surface area contributed by atoms with E-state index in [1.807, 2.05) is 0 Å². The van der Waals surface area contributed by atoms with E-state index in [1.165, 1.54) is 25.3 Å². The minimum absolute atomic E-state index is 0.0776. The molecule has 1 rings (SSSR count). The van der Waals surface area contributed by atoms with Crippen molar-refractivity contribution in [3.63, 3.8) is 0 Å². The third-order valence-corrected chi connectivity index (χ3v) is 5.14. The van der Waals surface area contributed by atoms with Gasteiger partial charge in [0.15, 0.2) is 0 Å². The summed E-state index contributed by atoms with van der Waals surface area (Å²) in [6, 6.07) is 4.22. The molecule has 0 amide bonds. The number of sulfonamides is 1. The molecule has 24 heavy (non-hydrogen) atoms. The van der Waals surface area contributed by atoms with Crippen LogP contribution in [-0.4, -0.2) is 56.7 Å². The number of aliphatic carboxylic acids is 1. The molecule has 0 aliphatic heterocycles. The zero-order valence-electron chi connectivity index (χ0n) is 13.9. The van der Waals surface area contributed by atoms with Gasteiger partial charge < -0.3 is 14.6 Å². The van der Waals surface area contributed by atoms with Gasteiger partial charge in [0, 0.05) is 18.7 Å². The number of carboxylic acid groups (broad SMARTS) is 1. The van der Waals surface area contributed by atoms with Gasteiger partial charge in [0.25, 0.3) is 0 Å². The van der Waals surface area contributed by atoms with Gasteiger partial charge in [-0.05, 0) is 31.5 Å². The van der Waals surface area contributed by atoms with Crippen LogP contribution in [-0.2, 0) is 19.6 Å². The summed E-state index contributed by atoms with van der Waals surface area (Å²) in [5.74, 6) is -1.13. The van der Waals surface area contributed by atoms with Gasteiger partial charge in [-0.15, -0.1) is 0 Å². The summed E-state index contributed by atoms with van der Waals surface area (Å²) in [6.07, 6.45) is 0.0906. The Morgan fingerprint density at radius 3 is 2.62 bits per heavy atom. The standard InChI is InChI=1S/C15H22ClNO6S/c1-4-7-17(9-15(18)19)24(20,21)14-8-12(16)5-6-13(14)23-11(2)10-22-3/h5-6,8,11H,4,7,9-10H2,1-3H3,(H,18,19). The maximum absolute atomic E-state index is 12.9. The first-order chi connectivity index (χ1) is 11.2. The van der Waals surface area contributed by atoms with Crippen LogP contribution in [0.1, 0.15) is 20.3 Å². The highest BCUT2D eigenvalue weighted by molar-refractivity contribution is 7.89. The fourth-order valence-electron chi connectivity index (χ4n) is 2.09. The van der Waals surface area contributed by atoms with Crippen molar-refractivity contribution < 1.29 is 27.8 Å². The molecule has 0 fully saturated rings. The molecule has 1 aromatic rings. The monoisotopic (exact) mass is 379 g/mol. The molecule has 0 saturated carbocycles. The van der Waals surface area contributed by atoms with Crippen LogP contribution < -0.4 is 4.74 Å². The number of carbonyl (C=O) groups is 1. The average Bonchev–Trinajstić information content (AvgIpc) is 2.48. The number of rotatable bonds is 10. The number of methoxy groups -OCH3 is 1. The van der Waals surface area contributed by atoms with Gasteiger partial charge in [0.05, 0.1) is 6.61 Å². The Labute approximate surface area is 147 Å². The quantitative estimate of drug-likeness (QED) is 0.670. The lowest BCUT2D eigenvalue weighted by Crippen LogP contribution is -2.36. The molecule has 0 spiro atoms. The van der Waals surface area contributed by atoms with Crippen molar-refractivity contribution in [2.24, 2.45) is 0 Å². The molecule has 1 N–H and O–H groups in total. The Kier molecular flexibility index (Phi) is 7.95. The third-order valence-electron chi connectivity index (χ3n) is 3.04. The van der Waals surface area contributed by atoms with Crippen LogP contribution in [0.15, 0.2) is 23.1 Å². The highest BCUT2D eigenvalue weighted by Gasteiger charge is 2.29. The molecule has 0 radical (unpaired) electrons. The van der Waals surface area contributed by atoms with Crippen molar-refractivity contribution in [3.8, 4) is 5.75 Å². The van der Waals surface area contributed by atoms with Crippen molar-refractivity contribution in [3.05, 3.63) is 23.2 Å². The molecule has 0 bridgehead atoms. The van der Waals surface area contributed by atoms with Crippen molar-refractivity contribution in [1.29, 1.82) is 0 Å². The van der Waals surface area contributed by atoms with E-state index in [9.17, 15) is 13.2 Å². The van der Waals surface area contributed by atoms with Gasteiger partial charge in [-0.25, -0.2) is 8.42 Å². The summed E-state index contributed by atoms with van der Waals surface area (Å²) in [5, 5.41) is 9.19. The van der Waals surface area contributed by atoms with Crippen LogP contribution in [0.4, 0.5) is 0 Å². The largest absolute Gasteiger partial charge is 0.487 e. The number of carboxylic acids is 1. The van der Waals surface area contributed by atoms with E-state index < -0.39 is 22.5 Å². The average molecular weight is 380 g/mol. The molecular formula is C15H22ClNO6S. The molecule has 1 aromatic carbocycles. The van der Waals surface area contributed by atoms with Gasteiger partial charge in [-0.1, -0.05) is 18.5 Å². The fourth-order valence-corrected chi connectivity index (χ4v) is 3.95. The Balaban J connectivity index is 3.29. The lowest BCUT2D eigenvalue weighted by molar-refractivity contribution is -0.137. The van der Waals surface area contributed by atoms with Crippen LogP contribution >= 0.6 is 11.6 Å². The van der Waals surface area contributed by atoms with Crippen LogP contribution in [0.2, 0.25) is 5.02 Å². The molecular weight excluding hydrogens is 358 g/mol. The summed E-state index contributed by atoms with van der Waals surface area (Å²) < 4.78 is 37.2. The van der Waals surface area contributed by atoms with Crippen LogP contribution in [0, 0.1) is 0 Å². The highest BCUT2D eigenvalue weighted by Crippen LogP contribution is 2.30. The molecule has 9 heteroatoms.